The molecule has 0 amide bonds. The van der Waals surface area contributed by atoms with Crippen LogP contribution < -0.4 is 10.5 Å². The van der Waals surface area contributed by atoms with Gasteiger partial charge in [-0.3, -0.25) is 0 Å². The van der Waals surface area contributed by atoms with Gasteiger partial charge in [-0.25, -0.2) is 0 Å². The first-order chi connectivity index (χ1) is 9.38. The van der Waals surface area contributed by atoms with E-state index in [9.17, 15) is 13.2 Å². The summed E-state index contributed by atoms with van der Waals surface area (Å²) in [5.74, 6) is 0.171. The van der Waals surface area contributed by atoms with E-state index in [4.69, 9.17) is 15.2 Å². The number of thiocarbonyl (C=S) groups is 1. The third-order valence-corrected chi connectivity index (χ3v) is 3.25. The molecule has 1 fully saturated rings. The second-order valence-corrected chi connectivity index (χ2v) is 4.94. The maximum atomic E-state index is 13.0. The normalized spacial score (nSPS) is 16.9. The highest BCUT2D eigenvalue weighted by molar-refractivity contribution is 7.80. The lowest BCUT2D eigenvalue weighted by Crippen LogP contribution is -2.26. The molecule has 1 aromatic rings. The molecule has 20 heavy (non-hydrogen) atoms. The van der Waals surface area contributed by atoms with Crippen LogP contribution in [0.3, 0.4) is 0 Å². The molecule has 1 saturated heterocycles. The van der Waals surface area contributed by atoms with E-state index >= 15 is 0 Å². The Kier molecular flexibility index (Phi) is 4.49. The second-order valence-electron chi connectivity index (χ2n) is 4.50. The van der Waals surface area contributed by atoms with E-state index in [1.165, 1.54) is 12.1 Å². The minimum atomic E-state index is -4.52. The maximum absolute atomic E-state index is 13.0. The van der Waals surface area contributed by atoms with E-state index in [1.54, 1.807) is 0 Å². The van der Waals surface area contributed by atoms with Crippen LogP contribution in [0, 0.1) is 0 Å². The monoisotopic (exact) mass is 305 g/mol. The van der Waals surface area contributed by atoms with Crippen LogP contribution in [0.2, 0.25) is 0 Å². The zero-order chi connectivity index (χ0) is 14.8. The first-order valence-electron chi connectivity index (χ1n) is 6.13. The van der Waals surface area contributed by atoms with Crippen LogP contribution in [0.4, 0.5) is 13.2 Å². The van der Waals surface area contributed by atoms with Crippen LogP contribution in [0.15, 0.2) is 18.2 Å². The fraction of sp³-hybridized carbons (Fsp3) is 0.462. The van der Waals surface area contributed by atoms with E-state index in [1.807, 2.05) is 0 Å². The number of rotatable bonds is 3. The lowest BCUT2D eigenvalue weighted by Gasteiger charge is -2.24. The fourth-order valence-corrected chi connectivity index (χ4v) is 2.21. The van der Waals surface area contributed by atoms with Crippen molar-refractivity contribution in [2.45, 2.75) is 25.1 Å². The highest BCUT2D eigenvalue weighted by Crippen LogP contribution is 2.35. The zero-order valence-corrected chi connectivity index (χ0v) is 11.4. The van der Waals surface area contributed by atoms with Gasteiger partial charge >= 0.3 is 6.18 Å². The van der Waals surface area contributed by atoms with Gasteiger partial charge in [0.1, 0.15) is 16.8 Å². The maximum Gasteiger partial charge on any atom is 0.417 e. The van der Waals surface area contributed by atoms with Gasteiger partial charge in [0, 0.05) is 18.4 Å². The van der Waals surface area contributed by atoms with Gasteiger partial charge in [0.2, 0.25) is 0 Å². The SMILES string of the molecule is NC(=S)c1ccc(OC2CCOCC2)cc1C(F)(F)F. The molecule has 0 bridgehead atoms. The average molecular weight is 305 g/mol. The summed E-state index contributed by atoms with van der Waals surface area (Å²) < 4.78 is 49.7. The molecule has 0 radical (unpaired) electrons. The lowest BCUT2D eigenvalue weighted by atomic mass is 10.1. The van der Waals surface area contributed by atoms with E-state index in [2.05, 4.69) is 12.2 Å². The molecule has 1 aliphatic rings. The molecule has 7 heteroatoms. The second kappa shape index (κ2) is 5.97. The number of nitrogens with two attached hydrogens (primary N) is 1. The summed E-state index contributed by atoms with van der Waals surface area (Å²) in [6.07, 6.45) is -3.31. The third kappa shape index (κ3) is 3.61. The summed E-state index contributed by atoms with van der Waals surface area (Å²) >= 11 is 4.64. The Balaban J connectivity index is 2.25. The Hall–Kier alpha value is -1.34. The van der Waals surface area contributed by atoms with Gasteiger partial charge in [0.25, 0.3) is 0 Å². The van der Waals surface area contributed by atoms with Crippen LogP contribution in [-0.4, -0.2) is 24.3 Å². The highest BCUT2D eigenvalue weighted by Gasteiger charge is 2.34. The van der Waals surface area contributed by atoms with Crippen molar-refractivity contribution in [1.82, 2.24) is 0 Å². The van der Waals surface area contributed by atoms with Crippen LogP contribution in [-0.2, 0) is 10.9 Å². The van der Waals surface area contributed by atoms with Gasteiger partial charge in [-0.1, -0.05) is 12.2 Å². The third-order valence-electron chi connectivity index (χ3n) is 3.03. The number of hydrogen-bond acceptors (Lipinski definition) is 3. The van der Waals surface area contributed by atoms with Crippen LogP contribution in [0.5, 0.6) is 5.75 Å². The van der Waals surface area contributed by atoms with E-state index in [-0.39, 0.29) is 22.4 Å². The Labute approximate surface area is 119 Å². The van der Waals surface area contributed by atoms with Gasteiger partial charge in [-0.15, -0.1) is 0 Å². The molecule has 0 saturated carbocycles. The first kappa shape index (κ1) is 15.1. The number of halogens is 3. The molecule has 0 aliphatic carbocycles. The van der Waals surface area contributed by atoms with Gasteiger partial charge in [-0.2, -0.15) is 13.2 Å². The molecule has 0 spiro atoms. The predicted molar refractivity (Wildman–Crippen MR) is 71.8 cm³/mol. The Morgan fingerprint density at radius 2 is 1.95 bits per heavy atom. The lowest BCUT2D eigenvalue weighted by molar-refractivity contribution is -0.137. The van der Waals surface area contributed by atoms with Crippen LogP contribution in [0.25, 0.3) is 0 Å². The smallest absolute Gasteiger partial charge is 0.417 e. The van der Waals surface area contributed by atoms with Crippen molar-refractivity contribution in [1.29, 1.82) is 0 Å². The largest absolute Gasteiger partial charge is 0.490 e. The Morgan fingerprint density at radius 1 is 1.30 bits per heavy atom. The zero-order valence-electron chi connectivity index (χ0n) is 10.6. The molecule has 110 valence electrons. The summed E-state index contributed by atoms with van der Waals surface area (Å²) in [6.45, 7) is 1.11. The summed E-state index contributed by atoms with van der Waals surface area (Å²) in [7, 11) is 0. The number of alkyl halides is 3. The molecular formula is C13H14F3NO2S. The van der Waals surface area contributed by atoms with Crippen molar-refractivity contribution < 1.29 is 22.6 Å². The summed E-state index contributed by atoms with van der Waals surface area (Å²) in [4.78, 5) is -0.282. The Morgan fingerprint density at radius 3 is 2.50 bits per heavy atom. The van der Waals surface area contributed by atoms with Gasteiger partial charge < -0.3 is 15.2 Å². The van der Waals surface area contributed by atoms with E-state index in [0.717, 1.165) is 6.07 Å². The molecule has 1 heterocycles. The van der Waals surface area contributed by atoms with E-state index in [0.29, 0.717) is 26.1 Å². The standard InChI is InChI=1S/C13H14F3NO2S/c14-13(15,16)11-7-9(1-2-10(11)12(17)20)19-8-3-5-18-6-4-8/h1-2,7-8H,3-6H2,(H2,17,20). The summed E-state index contributed by atoms with van der Waals surface area (Å²) in [5, 5.41) is 0. The average Bonchev–Trinajstić information content (AvgIpc) is 2.38. The molecule has 2 rings (SSSR count). The van der Waals surface area contributed by atoms with E-state index < -0.39 is 11.7 Å². The van der Waals surface area contributed by atoms with Crippen molar-refractivity contribution in [3.63, 3.8) is 0 Å². The number of hydrogen-bond donors (Lipinski definition) is 1. The molecule has 1 aromatic carbocycles. The highest BCUT2D eigenvalue weighted by atomic mass is 32.1. The summed E-state index contributed by atoms with van der Waals surface area (Å²) in [6, 6.07) is 3.66. The molecule has 2 N–H and O–H groups in total. The fourth-order valence-electron chi connectivity index (χ4n) is 2.03. The van der Waals surface area contributed by atoms with Crippen molar-refractivity contribution >= 4 is 17.2 Å². The van der Waals surface area contributed by atoms with Crippen molar-refractivity contribution in [2.24, 2.45) is 5.73 Å². The van der Waals surface area contributed by atoms with Crippen LogP contribution in [0.1, 0.15) is 24.0 Å². The summed E-state index contributed by atoms with van der Waals surface area (Å²) in [5.41, 5.74) is 4.27. The molecule has 1 aliphatic heterocycles. The molecular weight excluding hydrogens is 291 g/mol. The van der Waals surface area contributed by atoms with Crippen molar-refractivity contribution in [3.05, 3.63) is 29.3 Å². The topological polar surface area (TPSA) is 44.5 Å². The van der Waals surface area contributed by atoms with Crippen molar-refractivity contribution in [3.8, 4) is 5.75 Å². The number of ether oxygens (including phenoxy) is 2. The predicted octanol–water partition coefficient (Wildman–Crippen LogP) is 2.90. The first-order valence-corrected chi connectivity index (χ1v) is 6.54. The Bertz CT molecular complexity index is 499. The minimum Gasteiger partial charge on any atom is -0.490 e. The molecule has 0 atom stereocenters. The molecule has 0 aromatic heterocycles. The van der Waals surface area contributed by atoms with Crippen LogP contribution >= 0.6 is 12.2 Å². The number of benzene rings is 1. The molecule has 0 unspecified atom stereocenters. The molecule has 3 nitrogen and oxygen atoms in total. The van der Waals surface area contributed by atoms with Gasteiger partial charge in [0.15, 0.2) is 0 Å². The van der Waals surface area contributed by atoms with Crippen molar-refractivity contribution in [2.75, 3.05) is 13.2 Å². The van der Waals surface area contributed by atoms with Gasteiger partial charge in [-0.05, 0) is 18.2 Å². The minimum absolute atomic E-state index is 0.125. The quantitative estimate of drug-likeness (QED) is 0.872. The van der Waals surface area contributed by atoms with Gasteiger partial charge in [0.05, 0.1) is 18.8 Å².